The van der Waals surface area contributed by atoms with Crippen LogP contribution in [0.3, 0.4) is 0 Å². The topological polar surface area (TPSA) is 69.0 Å². The summed E-state index contributed by atoms with van der Waals surface area (Å²) in [4.78, 5) is 28.8. The normalized spacial score (nSPS) is 14.8. The number of anilines is 1. The molecule has 0 spiro atoms. The summed E-state index contributed by atoms with van der Waals surface area (Å²) in [7, 11) is 0. The maximum atomic E-state index is 13.7. The first-order valence-electron chi connectivity index (χ1n) is 12.1. The predicted molar refractivity (Wildman–Crippen MR) is 136 cm³/mol. The van der Waals surface area contributed by atoms with Crippen molar-refractivity contribution in [2.24, 2.45) is 0 Å². The average Bonchev–Trinajstić information content (AvgIpc) is 3.18. The van der Waals surface area contributed by atoms with Crippen LogP contribution in [0.5, 0.6) is 11.5 Å². The molecule has 2 heterocycles. The second-order valence-corrected chi connectivity index (χ2v) is 8.57. The fraction of sp³-hybridized carbons (Fsp3) is 0.241. The van der Waals surface area contributed by atoms with Gasteiger partial charge < -0.3 is 13.9 Å². The number of unbranched alkanes of at least 4 members (excludes halogenated alkanes) is 1. The van der Waals surface area contributed by atoms with Crippen molar-refractivity contribution in [3.8, 4) is 11.5 Å². The fourth-order valence-corrected chi connectivity index (χ4v) is 4.51. The zero-order valence-corrected chi connectivity index (χ0v) is 20.1. The second kappa shape index (κ2) is 9.85. The zero-order chi connectivity index (χ0) is 25.2. The number of fused-ring (bicyclic) bond motifs is 2. The Hall–Kier alpha value is -4.13. The Morgan fingerprint density at radius 1 is 0.944 bits per heavy atom. The number of hydrogen-bond acceptors (Lipinski definition) is 5. The third-order valence-electron chi connectivity index (χ3n) is 6.22. The van der Waals surface area contributed by atoms with Crippen molar-refractivity contribution in [1.29, 1.82) is 0 Å². The molecule has 1 amide bonds. The second-order valence-electron chi connectivity index (χ2n) is 8.57. The first kappa shape index (κ1) is 23.6. The molecule has 6 nitrogen and oxygen atoms in total. The van der Waals surface area contributed by atoms with Gasteiger partial charge in [-0.1, -0.05) is 31.5 Å². The minimum atomic E-state index is -0.789. The molecule has 184 valence electrons. The third-order valence-corrected chi connectivity index (χ3v) is 6.22. The number of amides is 1. The van der Waals surface area contributed by atoms with Gasteiger partial charge in [0.2, 0.25) is 5.76 Å². The lowest BCUT2D eigenvalue weighted by molar-refractivity contribution is 0.0971. The summed E-state index contributed by atoms with van der Waals surface area (Å²) in [5.41, 5.74) is 1.40. The Kier molecular flexibility index (Phi) is 6.46. The summed E-state index contributed by atoms with van der Waals surface area (Å²) in [6.45, 7) is 4.94. The molecule has 0 fully saturated rings. The summed E-state index contributed by atoms with van der Waals surface area (Å²) in [6, 6.07) is 17.1. The Balaban J connectivity index is 1.70. The van der Waals surface area contributed by atoms with E-state index in [0.717, 1.165) is 12.8 Å². The van der Waals surface area contributed by atoms with Gasteiger partial charge in [0.15, 0.2) is 16.9 Å². The monoisotopic (exact) mass is 487 g/mol. The summed E-state index contributed by atoms with van der Waals surface area (Å²) in [5, 5.41) is 0.388. The van der Waals surface area contributed by atoms with Crippen LogP contribution in [-0.2, 0) is 0 Å². The van der Waals surface area contributed by atoms with Gasteiger partial charge in [-0.3, -0.25) is 14.5 Å². The molecular formula is C29H26FNO5. The largest absolute Gasteiger partial charge is 0.490 e. The Morgan fingerprint density at radius 2 is 1.72 bits per heavy atom. The van der Waals surface area contributed by atoms with Gasteiger partial charge in [0, 0.05) is 5.69 Å². The molecule has 7 heteroatoms. The summed E-state index contributed by atoms with van der Waals surface area (Å²) in [5.74, 6) is 0.209. The summed E-state index contributed by atoms with van der Waals surface area (Å²) >= 11 is 0. The smallest absolute Gasteiger partial charge is 0.295 e. The van der Waals surface area contributed by atoms with Crippen molar-refractivity contribution in [2.45, 2.75) is 32.7 Å². The van der Waals surface area contributed by atoms with E-state index in [9.17, 15) is 14.0 Å². The van der Waals surface area contributed by atoms with Gasteiger partial charge in [0.1, 0.15) is 11.4 Å². The van der Waals surface area contributed by atoms with E-state index < -0.39 is 17.8 Å². The molecule has 5 rings (SSSR count). The minimum absolute atomic E-state index is 0.0192. The number of benzene rings is 3. The molecule has 0 radical (unpaired) electrons. The van der Waals surface area contributed by atoms with E-state index in [0.29, 0.717) is 46.9 Å². The highest BCUT2D eigenvalue weighted by Gasteiger charge is 2.44. The molecule has 1 aliphatic heterocycles. The van der Waals surface area contributed by atoms with Crippen LogP contribution in [0.4, 0.5) is 10.1 Å². The van der Waals surface area contributed by atoms with Crippen LogP contribution in [0, 0.1) is 5.82 Å². The Morgan fingerprint density at radius 3 is 2.47 bits per heavy atom. The lowest BCUT2D eigenvalue weighted by atomic mass is 9.97. The van der Waals surface area contributed by atoms with Crippen LogP contribution in [0.1, 0.15) is 54.4 Å². The van der Waals surface area contributed by atoms with E-state index in [1.54, 1.807) is 36.4 Å². The van der Waals surface area contributed by atoms with E-state index in [1.165, 1.54) is 29.2 Å². The number of carbonyl (C=O) groups excluding carboxylic acids is 1. The van der Waals surface area contributed by atoms with Gasteiger partial charge in [0.05, 0.1) is 30.2 Å². The summed E-state index contributed by atoms with van der Waals surface area (Å²) in [6.07, 6.45) is 1.91. The highest BCUT2D eigenvalue weighted by Crippen LogP contribution is 2.43. The molecule has 0 N–H and O–H groups in total. The van der Waals surface area contributed by atoms with Crippen LogP contribution < -0.4 is 19.8 Å². The first-order chi connectivity index (χ1) is 17.5. The number of halogens is 1. The predicted octanol–water partition coefficient (Wildman–Crippen LogP) is 6.26. The van der Waals surface area contributed by atoms with Crippen LogP contribution in [-0.4, -0.2) is 19.1 Å². The maximum absolute atomic E-state index is 13.7. The maximum Gasteiger partial charge on any atom is 0.295 e. The highest BCUT2D eigenvalue weighted by molar-refractivity contribution is 6.10. The molecule has 3 aromatic carbocycles. The van der Waals surface area contributed by atoms with E-state index in [2.05, 4.69) is 6.92 Å². The molecule has 36 heavy (non-hydrogen) atoms. The Bertz CT molecular complexity index is 1480. The number of para-hydroxylation sites is 1. The third kappa shape index (κ3) is 4.11. The molecule has 1 atom stereocenters. The van der Waals surface area contributed by atoms with Gasteiger partial charge in [0.25, 0.3) is 5.91 Å². The van der Waals surface area contributed by atoms with Crippen molar-refractivity contribution in [3.63, 3.8) is 0 Å². The van der Waals surface area contributed by atoms with Crippen molar-refractivity contribution < 1.29 is 23.1 Å². The van der Waals surface area contributed by atoms with Gasteiger partial charge in [-0.05, 0) is 67.4 Å². The standard InChI is InChI=1S/C29H26FNO5/c1-3-5-16-35-23-15-10-18(17-24(23)34-4-2)26-25-27(32)21-8-6-7-9-22(21)36-28(25)29(33)31(26)20-13-11-19(30)12-14-20/h6-15,17,26H,3-5,16H2,1-2H3. The number of hydrogen-bond donors (Lipinski definition) is 0. The zero-order valence-electron chi connectivity index (χ0n) is 20.1. The van der Waals surface area contributed by atoms with Gasteiger partial charge in [-0.2, -0.15) is 0 Å². The van der Waals surface area contributed by atoms with E-state index in [1.807, 2.05) is 13.0 Å². The van der Waals surface area contributed by atoms with Gasteiger partial charge in [-0.15, -0.1) is 0 Å². The van der Waals surface area contributed by atoms with E-state index in [-0.39, 0.29) is 16.8 Å². The first-order valence-corrected chi connectivity index (χ1v) is 12.1. The SMILES string of the molecule is CCCCOc1ccc(C2c3c(oc4ccccc4c3=O)C(=O)N2c2ccc(F)cc2)cc1OCC. The molecule has 0 saturated carbocycles. The minimum Gasteiger partial charge on any atom is -0.490 e. The number of rotatable bonds is 8. The quantitative estimate of drug-likeness (QED) is 0.275. The number of ether oxygens (including phenoxy) is 2. The average molecular weight is 488 g/mol. The van der Waals surface area contributed by atoms with Gasteiger partial charge >= 0.3 is 0 Å². The molecule has 0 bridgehead atoms. The molecule has 1 unspecified atom stereocenters. The van der Waals surface area contributed by atoms with Gasteiger partial charge in [-0.25, -0.2) is 4.39 Å². The molecule has 0 aliphatic carbocycles. The van der Waals surface area contributed by atoms with Crippen molar-refractivity contribution in [2.75, 3.05) is 18.1 Å². The van der Waals surface area contributed by atoms with Crippen LogP contribution in [0.2, 0.25) is 0 Å². The van der Waals surface area contributed by atoms with Crippen molar-refractivity contribution in [1.82, 2.24) is 0 Å². The van der Waals surface area contributed by atoms with Crippen LogP contribution >= 0.6 is 0 Å². The highest BCUT2D eigenvalue weighted by atomic mass is 19.1. The van der Waals surface area contributed by atoms with E-state index in [4.69, 9.17) is 13.9 Å². The lowest BCUT2D eigenvalue weighted by Crippen LogP contribution is -2.29. The Labute approximate surface area is 207 Å². The molecular weight excluding hydrogens is 461 g/mol. The van der Waals surface area contributed by atoms with Crippen LogP contribution in [0.25, 0.3) is 11.0 Å². The number of nitrogens with zero attached hydrogens (tertiary/aromatic N) is 1. The summed E-state index contributed by atoms with van der Waals surface area (Å²) < 4.78 is 31.5. The van der Waals surface area contributed by atoms with Crippen molar-refractivity contribution >= 4 is 22.6 Å². The van der Waals surface area contributed by atoms with Crippen LogP contribution in [0.15, 0.2) is 75.9 Å². The molecule has 1 aliphatic rings. The molecule has 4 aromatic rings. The molecule has 0 saturated heterocycles. The fourth-order valence-electron chi connectivity index (χ4n) is 4.51. The lowest BCUT2D eigenvalue weighted by Gasteiger charge is -2.26. The molecule has 1 aromatic heterocycles. The van der Waals surface area contributed by atoms with E-state index >= 15 is 0 Å². The van der Waals surface area contributed by atoms with Crippen molar-refractivity contribution in [3.05, 3.63) is 99.7 Å². The number of carbonyl (C=O) groups is 1.